The molecule has 0 radical (unpaired) electrons. The maximum atomic E-state index is 12.2. The van der Waals surface area contributed by atoms with Crippen LogP contribution in [0.25, 0.3) is 0 Å². The number of rotatable bonds is 8. The predicted octanol–water partition coefficient (Wildman–Crippen LogP) is 2.77. The van der Waals surface area contributed by atoms with Crippen LogP contribution in [0.4, 0.5) is 5.69 Å². The largest absolute Gasteiger partial charge is 0.496 e. The molecule has 0 aliphatic carbocycles. The molecule has 1 N–H and O–H groups in total. The summed E-state index contributed by atoms with van der Waals surface area (Å²) in [4.78, 5) is 22.9. The highest BCUT2D eigenvalue weighted by Gasteiger charge is 2.21. The number of nitro benzene ring substituents is 1. The van der Waals surface area contributed by atoms with E-state index in [9.17, 15) is 14.9 Å². The number of nitro groups is 1. The summed E-state index contributed by atoms with van der Waals surface area (Å²) in [7, 11) is 2.78. The SMILES string of the molecule is CCOc1cc(/C=N/NC(=O)c2ccccc2OC)cc([N+](=O)[O-])c1OC. The van der Waals surface area contributed by atoms with Crippen LogP contribution in [0.1, 0.15) is 22.8 Å². The minimum atomic E-state index is -0.577. The molecule has 0 heterocycles. The zero-order valence-corrected chi connectivity index (χ0v) is 15.1. The third-order valence-corrected chi connectivity index (χ3v) is 3.49. The van der Waals surface area contributed by atoms with Crippen LogP contribution in [0.3, 0.4) is 0 Å². The summed E-state index contributed by atoms with van der Waals surface area (Å²) in [5, 5.41) is 15.1. The van der Waals surface area contributed by atoms with Crippen LogP contribution < -0.4 is 19.6 Å². The number of hydrogen-bond donors (Lipinski definition) is 1. The first kappa shape index (κ1) is 19.7. The van der Waals surface area contributed by atoms with Gasteiger partial charge in [-0.2, -0.15) is 5.10 Å². The van der Waals surface area contributed by atoms with E-state index in [1.54, 1.807) is 31.2 Å². The Kier molecular flexibility index (Phi) is 6.70. The highest BCUT2D eigenvalue weighted by molar-refractivity contribution is 5.97. The standard InChI is InChI=1S/C18H19N3O6/c1-4-27-16-10-12(9-14(21(23)24)17(16)26-3)11-19-20-18(22)13-7-5-6-8-15(13)25-2/h5-11H,4H2,1-3H3,(H,20,22)/b19-11+. The van der Waals surface area contributed by atoms with E-state index >= 15 is 0 Å². The summed E-state index contributed by atoms with van der Waals surface area (Å²) in [6.45, 7) is 2.05. The molecule has 1 amide bonds. The molecule has 27 heavy (non-hydrogen) atoms. The molecule has 142 valence electrons. The molecule has 0 aromatic heterocycles. The Bertz CT molecular complexity index is 866. The van der Waals surface area contributed by atoms with Crippen LogP contribution in [0.15, 0.2) is 41.5 Å². The summed E-state index contributed by atoms with van der Waals surface area (Å²) in [6, 6.07) is 9.50. The van der Waals surface area contributed by atoms with Crippen LogP contribution >= 0.6 is 0 Å². The van der Waals surface area contributed by atoms with Gasteiger partial charge in [0.05, 0.1) is 37.5 Å². The fourth-order valence-corrected chi connectivity index (χ4v) is 2.34. The average Bonchev–Trinajstić information content (AvgIpc) is 2.67. The lowest BCUT2D eigenvalue weighted by molar-refractivity contribution is -0.385. The maximum Gasteiger partial charge on any atom is 0.315 e. The Labute approximate surface area is 155 Å². The van der Waals surface area contributed by atoms with E-state index in [0.717, 1.165) is 0 Å². The minimum absolute atomic E-state index is 0.0251. The van der Waals surface area contributed by atoms with Gasteiger partial charge >= 0.3 is 5.69 Å². The second-order valence-corrected chi connectivity index (χ2v) is 5.16. The van der Waals surface area contributed by atoms with Crippen LogP contribution in [0.5, 0.6) is 17.2 Å². The smallest absolute Gasteiger partial charge is 0.315 e. The molecular weight excluding hydrogens is 354 g/mol. The number of nitrogens with zero attached hydrogens (tertiary/aromatic N) is 2. The van der Waals surface area contributed by atoms with Crippen molar-refractivity contribution in [3.63, 3.8) is 0 Å². The van der Waals surface area contributed by atoms with Crippen molar-refractivity contribution < 1.29 is 23.9 Å². The molecule has 0 fully saturated rings. The van der Waals surface area contributed by atoms with Crippen molar-refractivity contribution in [3.05, 3.63) is 57.6 Å². The molecule has 2 aromatic rings. The molecule has 0 atom stereocenters. The lowest BCUT2D eigenvalue weighted by Crippen LogP contribution is -2.18. The highest BCUT2D eigenvalue weighted by atomic mass is 16.6. The quantitative estimate of drug-likeness (QED) is 0.432. The highest BCUT2D eigenvalue weighted by Crippen LogP contribution is 2.37. The van der Waals surface area contributed by atoms with Gasteiger partial charge in [-0.25, -0.2) is 5.43 Å². The molecule has 0 spiro atoms. The minimum Gasteiger partial charge on any atom is -0.496 e. The number of hydrazone groups is 1. The van der Waals surface area contributed by atoms with Gasteiger partial charge in [-0.1, -0.05) is 12.1 Å². The first-order valence-corrected chi connectivity index (χ1v) is 7.97. The van der Waals surface area contributed by atoms with Gasteiger partial charge in [-0.3, -0.25) is 14.9 Å². The molecule has 2 aromatic carbocycles. The Balaban J connectivity index is 2.25. The maximum absolute atomic E-state index is 12.2. The lowest BCUT2D eigenvalue weighted by atomic mass is 10.2. The topological polar surface area (TPSA) is 112 Å². The van der Waals surface area contributed by atoms with Gasteiger partial charge in [-0.05, 0) is 25.1 Å². The number of para-hydroxylation sites is 1. The van der Waals surface area contributed by atoms with Crippen LogP contribution in [-0.2, 0) is 0 Å². The number of ether oxygens (including phenoxy) is 3. The fraction of sp³-hybridized carbons (Fsp3) is 0.222. The number of benzene rings is 2. The zero-order valence-electron chi connectivity index (χ0n) is 15.1. The Hall–Kier alpha value is -3.62. The van der Waals surface area contributed by atoms with Gasteiger partial charge in [-0.15, -0.1) is 0 Å². The molecule has 0 aliphatic rings. The molecule has 0 aliphatic heterocycles. The van der Waals surface area contributed by atoms with Crippen molar-refractivity contribution >= 4 is 17.8 Å². The van der Waals surface area contributed by atoms with Gasteiger partial charge in [0.2, 0.25) is 5.75 Å². The van der Waals surface area contributed by atoms with E-state index in [1.807, 2.05) is 0 Å². The lowest BCUT2D eigenvalue weighted by Gasteiger charge is -2.10. The molecule has 9 heteroatoms. The Morgan fingerprint density at radius 3 is 2.59 bits per heavy atom. The van der Waals surface area contributed by atoms with Crippen LogP contribution in [-0.4, -0.2) is 37.9 Å². The van der Waals surface area contributed by atoms with Crippen LogP contribution in [0, 0.1) is 10.1 Å². The van der Waals surface area contributed by atoms with Crippen molar-refractivity contribution in [1.29, 1.82) is 0 Å². The van der Waals surface area contributed by atoms with Crippen LogP contribution in [0.2, 0.25) is 0 Å². The predicted molar refractivity (Wildman–Crippen MR) is 98.9 cm³/mol. The van der Waals surface area contributed by atoms with Crippen molar-refractivity contribution in [1.82, 2.24) is 5.43 Å². The van der Waals surface area contributed by atoms with Crippen molar-refractivity contribution in [2.75, 3.05) is 20.8 Å². The first-order chi connectivity index (χ1) is 13.0. The monoisotopic (exact) mass is 373 g/mol. The van der Waals surface area contributed by atoms with Crippen molar-refractivity contribution in [3.8, 4) is 17.2 Å². The van der Waals surface area contributed by atoms with E-state index in [0.29, 0.717) is 23.5 Å². The number of carbonyl (C=O) groups excluding carboxylic acids is 1. The summed E-state index contributed by atoms with van der Waals surface area (Å²) in [5.74, 6) is 0.171. The molecule has 0 bridgehead atoms. The first-order valence-electron chi connectivity index (χ1n) is 7.97. The van der Waals surface area contributed by atoms with E-state index in [4.69, 9.17) is 14.2 Å². The van der Waals surface area contributed by atoms with Gasteiger partial charge in [0, 0.05) is 11.6 Å². The number of methoxy groups -OCH3 is 2. The van der Waals surface area contributed by atoms with Gasteiger partial charge in [0.15, 0.2) is 5.75 Å². The third kappa shape index (κ3) is 4.72. The van der Waals surface area contributed by atoms with E-state index < -0.39 is 10.8 Å². The summed E-state index contributed by atoms with van der Waals surface area (Å²) in [6.07, 6.45) is 1.28. The molecule has 0 unspecified atom stereocenters. The molecule has 2 rings (SSSR count). The number of nitrogens with one attached hydrogen (secondary N) is 1. The Morgan fingerprint density at radius 2 is 1.96 bits per heavy atom. The molecule has 0 saturated heterocycles. The second kappa shape index (κ2) is 9.18. The van der Waals surface area contributed by atoms with Gasteiger partial charge in [0.25, 0.3) is 5.91 Å². The zero-order chi connectivity index (χ0) is 19.8. The summed E-state index contributed by atoms with van der Waals surface area (Å²) in [5.41, 5.74) is 2.78. The summed E-state index contributed by atoms with van der Waals surface area (Å²) >= 11 is 0. The van der Waals surface area contributed by atoms with E-state index in [-0.39, 0.29) is 17.2 Å². The Morgan fingerprint density at radius 1 is 1.22 bits per heavy atom. The van der Waals surface area contributed by atoms with Gasteiger partial charge < -0.3 is 14.2 Å². The van der Waals surface area contributed by atoms with E-state index in [1.165, 1.54) is 32.6 Å². The normalized spacial score (nSPS) is 10.5. The van der Waals surface area contributed by atoms with Crippen molar-refractivity contribution in [2.45, 2.75) is 6.92 Å². The average molecular weight is 373 g/mol. The molecule has 0 saturated carbocycles. The molecular formula is C18H19N3O6. The number of hydrogen-bond acceptors (Lipinski definition) is 7. The van der Waals surface area contributed by atoms with Crippen molar-refractivity contribution in [2.24, 2.45) is 5.10 Å². The summed E-state index contributed by atoms with van der Waals surface area (Å²) < 4.78 is 15.6. The fourth-order valence-electron chi connectivity index (χ4n) is 2.34. The second-order valence-electron chi connectivity index (χ2n) is 5.16. The molecule has 9 nitrogen and oxygen atoms in total. The van der Waals surface area contributed by atoms with Gasteiger partial charge in [0.1, 0.15) is 5.75 Å². The third-order valence-electron chi connectivity index (χ3n) is 3.49. The number of amides is 1. The number of carbonyl (C=O) groups is 1. The van der Waals surface area contributed by atoms with E-state index in [2.05, 4.69) is 10.5 Å².